The van der Waals surface area contributed by atoms with E-state index in [1.165, 1.54) is 0 Å². The van der Waals surface area contributed by atoms with Crippen LogP contribution in [-0.2, 0) is 11.3 Å². The first-order chi connectivity index (χ1) is 9.11. The fourth-order valence-electron chi connectivity index (χ4n) is 1.84. The highest BCUT2D eigenvalue weighted by Crippen LogP contribution is 2.28. The molecule has 0 spiro atoms. The molecular formula is C13H15BrN2O3. The number of carboxylic acids is 1. The molecule has 102 valence electrons. The van der Waals surface area contributed by atoms with Gasteiger partial charge < -0.3 is 9.84 Å². The molecule has 19 heavy (non-hydrogen) atoms. The van der Waals surface area contributed by atoms with Gasteiger partial charge in [0.25, 0.3) is 0 Å². The van der Waals surface area contributed by atoms with Crippen LogP contribution in [0.2, 0.25) is 0 Å². The van der Waals surface area contributed by atoms with Crippen molar-refractivity contribution in [2.45, 2.75) is 26.3 Å². The van der Waals surface area contributed by atoms with Crippen LogP contribution in [0.1, 0.15) is 19.8 Å². The Morgan fingerprint density at radius 3 is 3.00 bits per heavy atom. The van der Waals surface area contributed by atoms with Crippen molar-refractivity contribution in [2.75, 3.05) is 6.61 Å². The molecule has 0 atom stereocenters. The van der Waals surface area contributed by atoms with E-state index in [1.54, 1.807) is 0 Å². The Labute approximate surface area is 119 Å². The van der Waals surface area contributed by atoms with E-state index in [0.717, 1.165) is 34.8 Å². The summed E-state index contributed by atoms with van der Waals surface area (Å²) in [4.78, 5) is 10.6. The molecular weight excluding hydrogens is 312 g/mol. The smallest absolute Gasteiger partial charge is 0.341 e. The highest BCUT2D eigenvalue weighted by molar-refractivity contribution is 9.10. The van der Waals surface area contributed by atoms with Crippen molar-refractivity contribution >= 4 is 32.8 Å². The topological polar surface area (TPSA) is 64.4 Å². The Kier molecular flexibility index (Phi) is 4.42. The highest BCUT2D eigenvalue weighted by Gasteiger charge is 2.13. The summed E-state index contributed by atoms with van der Waals surface area (Å²) in [6, 6.07) is 5.78. The second-order valence-electron chi connectivity index (χ2n) is 4.23. The minimum atomic E-state index is -1.01. The van der Waals surface area contributed by atoms with Crippen LogP contribution < -0.4 is 4.74 Å². The molecule has 0 aliphatic carbocycles. The third-order valence-electron chi connectivity index (χ3n) is 2.73. The largest absolute Gasteiger partial charge is 0.479 e. The van der Waals surface area contributed by atoms with Crippen molar-refractivity contribution in [3.05, 3.63) is 22.7 Å². The van der Waals surface area contributed by atoms with Crippen LogP contribution in [0.15, 0.2) is 22.7 Å². The normalized spacial score (nSPS) is 10.8. The van der Waals surface area contributed by atoms with Gasteiger partial charge in [0.2, 0.25) is 5.88 Å². The predicted molar refractivity (Wildman–Crippen MR) is 75.5 cm³/mol. The number of hydrogen-bond acceptors (Lipinski definition) is 3. The highest BCUT2D eigenvalue weighted by atomic mass is 79.9. The molecule has 0 bridgehead atoms. The van der Waals surface area contributed by atoms with Crippen LogP contribution in [-0.4, -0.2) is 27.5 Å². The maximum atomic E-state index is 10.6. The van der Waals surface area contributed by atoms with E-state index >= 15 is 0 Å². The number of fused-ring (bicyclic) bond motifs is 1. The molecule has 0 aliphatic heterocycles. The molecule has 1 aromatic carbocycles. The average molecular weight is 327 g/mol. The lowest BCUT2D eigenvalue weighted by atomic mass is 10.2. The number of aryl methyl sites for hydroxylation is 1. The van der Waals surface area contributed by atoms with Crippen molar-refractivity contribution < 1.29 is 14.6 Å². The summed E-state index contributed by atoms with van der Waals surface area (Å²) < 4.78 is 8.02. The molecule has 1 heterocycles. The molecule has 1 aromatic heterocycles. The maximum absolute atomic E-state index is 10.6. The van der Waals surface area contributed by atoms with Gasteiger partial charge >= 0.3 is 5.97 Å². The molecule has 0 fully saturated rings. The molecule has 0 radical (unpaired) electrons. The Bertz CT molecular complexity index is 595. The first-order valence-electron chi connectivity index (χ1n) is 6.12. The third-order valence-corrected chi connectivity index (χ3v) is 3.23. The average Bonchev–Trinajstić information content (AvgIpc) is 2.71. The van der Waals surface area contributed by atoms with Crippen LogP contribution in [0.5, 0.6) is 5.88 Å². The second-order valence-corrected chi connectivity index (χ2v) is 5.14. The number of halogens is 1. The zero-order valence-corrected chi connectivity index (χ0v) is 12.2. The van der Waals surface area contributed by atoms with E-state index in [4.69, 9.17) is 9.84 Å². The second kappa shape index (κ2) is 6.06. The van der Waals surface area contributed by atoms with Crippen LogP contribution >= 0.6 is 15.9 Å². The quantitative estimate of drug-likeness (QED) is 0.886. The number of aliphatic carboxylic acids is 1. The molecule has 0 unspecified atom stereocenters. The fraction of sp³-hybridized carbons (Fsp3) is 0.385. The molecule has 0 saturated heterocycles. The minimum absolute atomic E-state index is 0.370. The third kappa shape index (κ3) is 3.26. The van der Waals surface area contributed by atoms with Crippen LogP contribution in [0, 0.1) is 0 Å². The van der Waals surface area contributed by atoms with Gasteiger partial charge in [-0.2, -0.15) is 0 Å². The molecule has 0 saturated carbocycles. The van der Waals surface area contributed by atoms with Crippen molar-refractivity contribution in [3.63, 3.8) is 0 Å². The summed E-state index contributed by atoms with van der Waals surface area (Å²) in [5.74, 6) is -0.638. The van der Waals surface area contributed by atoms with Gasteiger partial charge in [-0.3, -0.25) is 4.68 Å². The molecule has 0 aliphatic rings. The summed E-state index contributed by atoms with van der Waals surface area (Å²) in [6.07, 6.45) is 2.09. The van der Waals surface area contributed by atoms with Gasteiger partial charge in [-0.25, -0.2) is 4.79 Å². The molecule has 1 N–H and O–H groups in total. The number of ether oxygens (including phenoxy) is 1. The maximum Gasteiger partial charge on any atom is 0.341 e. The summed E-state index contributed by atoms with van der Waals surface area (Å²) in [7, 11) is 0. The number of aromatic nitrogens is 2. The van der Waals surface area contributed by atoms with Crippen LogP contribution in [0.25, 0.3) is 10.9 Å². The van der Waals surface area contributed by atoms with Gasteiger partial charge in [-0.15, -0.1) is 5.10 Å². The van der Waals surface area contributed by atoms with E-state index < -0.39 is 5.97 Å². The molecule has 2 aromatic rings. The van der Waals surface area contributed by atoms with Gasteiger partial charge in [0.1, 0.15) is 0 Å². The lowest BCUT2D eigenvalue weighted by molar-refractivity contribution is -0.139. The van der Waals surface area contributed by atoms with Gasteiger partial charge in [-0.05, 0) is 24.6 Å². The standard InChI is InChI=1S/C13H15BrN2O3/c1-2-3-6-16-11-5-4-9(14)7-10(11)13(15-16)19-8-12(17)18/h4-5,7H,2-3,6,8H2,1H3,(H,17,18). The predicted octanol–water partition coefficient (Wildman–Crippen LogP) is 3.06. The summed E-state index contributed by atoms with van der Waals surface area (Å²) in [5, 5.41) is 13.9. The van der Waals surface area contributed by atoms with Crippen molar-refractivity contribution in [3.8, 4) is 5.88 Å². The first kappa shape index (κ1) is 13.9. The summed E-state index contributed by atoms with van der Waals surface area (Å²) >= 11 is 3.40. The fourth-order valence-corrected chi connectivity index (χ4v) is 2.20. The zero-order valence-electron chi connectivity index (χ0n) is 10.6. The van der Waals surface area contributed by atoms with Gasteiger partial charge in [0.05, 0.1) is 10.9 Å². The number of carboxylic acid groups (broad SMARTS) is 1. The summed E-state index contributed by atoms with van der Waals surface area (Å²) in [6.45, 7) is 2.53. The first-order valence-corrected chi connectivity index (χ1v) is 6.91. The van der Waals surface area contributed by atoms with Crippen LogP contribution in [0.3, 0.4) is 0 Å². The number of hydrogen-bond donors (Lipinski definition) is 1. The van der Waals surface area contributed by atoms with Crippen molar-refractivity contribution in [1.82, 2.24) is 9.78 Å². The van der Waals surface area contributed by atoms with E-state index in [9.17, 15) is 4.79 Å². The SMILES string of the molecule is CCCCn1nc(OCC(=O)O)c2cc(Br)ccc21. The number of rotatable bonds is 6. The van der Waals surface area contributed by atoms with Crippen molar-refractivity contribution in [1.29, 1.82) is 0 Å². The Morgan fingerprint density at radius 2 is 2.32 bits per heavy atom. The van der Waals surface area contributed by atoms with E-state index in [-0.39, 0.29) is 6.61 Å². The van der Waals surface area contributed by atoms with Gasteiger partial charge in [0, 0.05) is 11.0 Å². The van der Waals surface area contributed by atoms with Gasteiger partial charge in [0.15, 0.2) is 6.61 Å². The molecule has 6 heteroatoms. The Morgan fingerprint density at radius 1 is 1.53 bits per heavy atom. The lowest BCUT2D eigenvalue weighted by Crippen LogP contribution is -2.10. The number of benzene rings is 1. The van der Waals surface area contributed by atoms with Crippen molar-refractivity contribution in [2.24, 2.45) is 0 Å². The Balaban J connectivity index is 2.38. The molecule has 5 nitrogen and oxygen atoms in total. The lowest BCUT2D eigenvalue weighted by Gasteiger charge is -2.00. The minimum Gasteiger partial charge on any atom is -0.479 e. The number of unbranched alkanes of at least 4 members (excludes halogenated alkanes) is 1. The Hall–Kier alpha value is -1.56. The van der Waals surface area contributed by atoms with E-state index in [1.807, 2.05) is 22.9 Å². The zero-order chi connectivity index (χ0) is 13.8. The van der Waals surface area contributed by atoms with Gasteiger partial charge in [-0.1, -0.05) is 29.3 Å². The number of carbonyl (C=O) groups is 1. The van der Waals surface area contributed by atoms with E-state index in [2.05, 4.69) is 28.0 Å². The number of nitrogens with zero attached hydrogens (tertiary/aromatic N) is 2. The molecule has 0 amide bonds. The summed E-state index contributed by atoms with van der Waals surface area (Å²) in [5.41, 5.74) is 0.956. The van der Waals surface area contributed by atoms with Crippen LogP contribution in [0.4, 0.5) is 0 Å². The monoisotopic (exact) mass is 326 g/mol. The molecule has 2 rings (SSSR count). The van der Waals surface area contributed by atoms with E-state index in [0.29, 0.717) is 5.88 Å².